The second kappa shape index (κ2) is 7.03. The van der Waals surface area contributed by atoms with Gasteiger partial charge >= 0.3 is 0 Å². The van der Waals surface area contributed by atoms with Gasteiger partial charge in [0.2, 0.25) is 0 Å². The Morgan fingerprint density at radius 3 is 2.96 bits per heavy atom. The fourth-order valence-electron chi connectivity index (χ4n) is 3.14. The van der Waals surface area contributed by atoms with E-state index in [-0.39, 0.29) is 5.82 Å². The van der Waals surface area contributed by atoms with Gasteiger partial charge in [-0.2, -0.15) is 5.10 Å². The Bertz CT molecular complexity index is 737. The largest absolute Gasteiger partial charge is 0.352 e. The topological polar surface area (TPSA) is 45.5 Å². The van der Waals surface area contributed by atoms with Crippen molar-refractivity contribution in [2.24, 2.45) is 12.0 Å². The Morgan fingerprint density at radius 1 is 1.46 bits per heavy atom. The molecule has 1 aromatic heterocycles. The highest BCUT2D eigenvalue weighted by atomic mass is 19.1. The summed E-state index contributed by atoms with van der Waals surface area (Å²) < 4.78 is 15.5. The van der Waals surface area contributed by atoms with E-state index in [1.54, 1.807) is 20.0 Å². The van der Waals surface area contributed by atoms with Crippen LogP contribution in [0.25, 0.3) is 0 Å². The standard InChI is InChI=1S/C18H24FN5/c1-13-4-5-14(8-17(13)19)9-21-18(20-2)24-7-6-15(12-24)16-10-22-23(3)11-16/h4-5,8,10-11,15H,6-7,9,12H2,1-3H3,(H,20,21). The number of nitrogens with zero attached hydrogens (tertiary/aromatic N) is 4. The van der Waals surface area contributed by atoms with Crippen LogP contribution >= 0.6 is 0 Å². The van der Waals surface area contributed by atoms with Crippen LogP contribution in [0.1, 0.15) is 29.0 Å². The van der Waals surface area contributed by atoms with Gasteiger partial charge in [-0.1, -0.05) is 12.1 Å². The minimum Gasteiger partial charge on any atom is -0.352 e. The van der Waals surface area contributed by atoms with E-state index in [4.69, 9.17) is 0 Å². The third-order valence-corrected chi connectivity index (χ3v) is 4.58. The Balaban J connectivity index is 1.59. The molecule has 2 aromatic rings. The quantitative estimate of drug-likeness (QED) is 0.695. The van der Waals surface area contributed by atoms with Crippen molar-refractivity contribution in [3.8, 4) is 0 Å². The van der Waals surface area contributed by atoms with Crippen molar-refractivity contribution in [3.63, 3.8) is 0 Å². The zero-order valence-electron chi connectivity index (χ0n) is 14.5. The highest BCUT2D eigenvalue weighted by Gasteiger charge is 2.26. The van der Waals surface area contributed by atoms with E-state index in [1.807, 2.05) is 30.1 Å². The van der Waals surface area contributed by atoms with Gasteiger partial charge in [0.05, 0.1) is 6.20 Å². The summed E-state index contributed by atoms with van der Waals surface area (Å²) in [6.07, 6.45) is 5.12. The van der Waals surface area contributed by atoms with Gasteiger partial charge in [0, 0.05) is 45.8 Å². The summed E-state index contributed by atoms with van der Waals surface area (Å²) in [7, 11) is 3.73. The predicted octanol–water partition coefficient (Wildman–Crippen LogP) is 2.43. The van der Waals surface area contributed by atoms with Crippen LogP contribution in [0.4, 0.5) is 4.39 Å². The smallest absolute Gasteiger partial charge is 0.193 e. The minimum atomic E-state index is -0.165. The molecule has 3 rings (SSSR count). The van der Waals surface area contributed by atoms with Crippen molar-refractivity contribution < 1.29 is 4.39 Å². The Kier molecular flexibility index (Phi) is 4.83. The Hall–Kier alpha value is -2.37. The molecule has 1 N–H and O–H groups in total. The molecule has 0 amide bonds. The normalized spacial score (nSPS) is 18.2. The monoisotopic (exact) mass is 329 g/mol. The first kappa shape index (κ1) is 16.5. The molecule has 1 aliphatic rings. The molecule has 2 heterocycles. The van der Waals surface area contributed by atoms with Gasteiger partial charge in [0.15, 0.2) is 5.96 Å². The van der Waals surface area contributed by atoms with Gasteiger partial charge in [-0.15, -0.1) is 0 Å². The predicted molar refractivity (Wildman–Crippen MR) is 93.5 cm³/mol. The Labute approximate surface area is 142 Å². The molecule has 1 saturated heterocycles. The third-order valence-electron chi connectivity index (χ3n) is 4.58. The van der Waals surface area contributed by atoms with E-state index >= 15 is 0 Å². The van der Waals surface area contributed by atoms with Crippen LogP contribution in [-0.4, -0.2) is 40.8 Å². The lowest BCUT2D eigenvalue weighted by Gasteiger charge is -2.21. The van der Waals surface area contributed by atoms with E-state index in [1.165, 1.54) is 5.56 Å². The zero-order chi connectivity index (χ0) is 17.1. The van der Waals surface area contributed by atoms with Crippen molar-refractivity contribution in [2.45, 2.75) is 25.8 Å². The van der Waals surface area contributed by atoms with E-state index < -0.39 is 0 Å². The number of guanidine groups is 1. The van der Waals surface area contributed by atoms with Gasteiger partial charge in [0.1, 0.15) is 5.82 Å². The Morgan fingerprint density at radius 2 is 2.29 bits per heavy atom. The molecule has 0 aliphatic carbocycles. The number of aryl methyl sites for hydroxylation is 2. The van der Waals surface area contributed by atoms with Crippen molar-refractivity contribution in [3.05, 3.63) is 53.1 Å². The average Bonchev–Trinajstić information content (AvgIpc) is 3.20. The zero-order valence-corrected chi connectivity index (χ0v) is 14.5. The summed E-state index contributed by atoms with van der Waals surface area (Å²) in [5.74, 6) is 1.18. The molecular formula is C18H24FN5. The van der Waals surface area contributed by atoms with E-state index in [0.717, 1.165) is 31.0 Å². The van der Waals surface area contributed by atoms with Gasteiger partial charge in [-0.3, -0.25) is 9.67 Å². The molecular weight excluding hydrogens is 305 g/mol. The van der Waals surface area contributed by atoms with Gasteiger partial charge in [-0.25, -0.2) is 4.39 Å². The minimum absolute atomic E-state index is 0.165. The molecule has 5 nitrogen and oxygen atoms in total. The lowest BCUT2D eigenvalue weighted by Crippen LogP contribution is -2.39. The van der Waals surface area contributed by atoms with Crippen molar-refractivity contribution in [2.75, 3.05) is 20.1 Å². The number of hydrogen-bond acceptors (Lipinski definition) is 2. The molecule has 1 fully saturated rings. The van der Waals surface area contributed by atoms with E-state index in [2.05, 4.69) is 26.5 Å². The van der Waals surface area contributed by atoms with E-state index in [0.29, 0.717) is 18.0 Å². The number of likely N-dealkylation sites (tertiary alicyclic amines) is 1. The van der Waals surface area contributed by atoms with Crippen LogP contribution in [0.2, 0.25) is 0 Å². The van der Waals surface area contributed by atoms with Gasteiger partial charge < -0.3 is 10.2 Å². The summed E-state index contributed by atoms with van der Waals surface area (Å²) >= 11 is 0. The maximum absolute atomic E-state index is 13.7. The second-order valence-electron chi connectivity index (χ2n) is 6.36. The molecule has 1 unspecified atom stereocenters. The SMILES string of the molecule is CN=C(NCc1ccc(C)c(F)c1)N1CCC(c2cnn(C)c2)C1. The number of aliphatic imine (C=N–C) groups is 1. The number of aromatic nitrogens is 2. The van der Waals surface area contributed by atoms with Crippen LogP contribution in [-0.2, 0) is 13.6 Å². The molecule has 24 heavy (non-hydrogen) atoms. The molecule has 0 saturated carbocycles. The van der Waals surface area contributed by atoms with Crippen LogP contribution in [0.5, 0.6) is 0 Å². The lowest BCUT2D eigenvalue weighted by molar-refractivity contribution is 0.485. The number of benzene rings is 1. The van der Waals surface area contributed by atoms with E-state index in [9.17, 15) is 4.39 Å². The third kappa shape index (κ3) is 3.58. The first-order valence-corrected chi connectivity index (χ1v) is 8.26. The van der Waals surface area contributed by atoms with Crippen LogP contribution in [0.15, 0.2) is 35.6 Å². The maximum Gasteiger partial charge on any atom is 0.193 e. The number of nitrogens with one attached hydrogen (secondary N) is 1. The van der Waals surface area contributed by atoms with Gasteiger partial charge in [0.25, 0.3) is 0 Å². The number of rotatable bonds is 3. The summed E-state index contributed by atoms with van der Waals surface area (Å²) in [4.78, 5) is 6.63. The van der Waals surface area contributed by atoms with Crippen molar-refractivity contribution in [1.82, 2.24) is 20.0 Å². The molecule has 1 atom stereocenters. The van der Waals surface area contributed by atoms with Gasteiger partial charge in [-0.05, 0) is 36.1 Å². The summed E-state index contributed by atoms with van der Waals surface area (Å²) in [5.41, 5.74) is 2.86. The average molecular weight is 329 g/mol. The van der Waals surface area contributed by atoms with Crippen LogP contribution < -0.4 is 5.32 Å². The van der Waals surface area contributed by atoms with Crippen LogP contribution in [0, 0.1) is 12.7 Å². The summed E-state index contributed by atoms with van der Waals surface area (Å²) in [5, 5.41) is 7.60. The first-order chi connectivity index (χ1) is 11.6. The lowest BCUT2D eigenvalue weighted by atomic mass is 10.0. The summed E-state index contributed by atoms with van der Waals surface area (Å²) in [6, 6.07) is 5.34. The fourth-order valence-corrected chi connectivity index (χ4v) is 3.14. The molecule has 0 spiro atoms. The molecule has 1 aliphatic heterocycles. The second-order valence-corrected chi connectivity index (χ2v) is 6.36. The molecule has 0 bridgehead atoms. The van der Waals surface area contributed by atoms with Crippen molar-refractivity contribution >= 4 is 5.96 Å². The molecule has 128 valence electrons. The highest BCUT2D eigenvalue weighted by molar-refractivity contribution is 5.80. The fraction of sp³-hybridized carbons (Fsp3) is 0.444. The molecule has 1 aromatic carbocycles. The first-order valence-electron chi connectivity index (χ1n) is 8.26. The number of hydrogen-bond donors (Lipinski definition) is 1. The summed E-state index contributed by atoms with van der Waals surface area (Å²) in [6.45, 7) is 4.22. The number of halogens is 1. The van der Waals surface area contributed by atoms with Crippen LogP contribution in [0.3, 0.4) is 0 Å². The maximum atomic E-state index is 13.7. The molecule has 6 heteroatoms. The van der Waals surface area contributed by atoms with Crippen molar-refractivity contribution in [1.29, 1.82) is 0 Å². The highest BCUT2D eigenvalue weighted by Crippen LogP contribution is 2.26. The molecule has 0 radical (unpaired) electrons.